The molecular formula is C5H7N2NaO2S. The number of nitrogens with zero attached hydrogens (tertiary/aromatic N) is 2. The summed E-state index contributed by atoms with van der Waals surface area (Å²) in [6.07, 6.45) is 1.47. The smallest absolute Gasteiger partial charge is 0.767 e. The Labute approximate surface area is 89.6 Å². The van der Waals surface area contributed by atoms with Gasteiger partial charge in [0.25, 0.3) is 0 Å². The summed E-state index contributed by atoms with van der Waals surface area (Å²) in [5, 5.41) is 0.0972. The molecule has 0 saturated carbocycles. The molecule has 1 unspecified atom stereocenters. The Morgan fingerprint density at radius 2 is 2.27 bits per heavy atom. The second kappa shape index (κ2) is 4.37. The number of imidazole rings is 1. The summed E-state index contributed by atoms with van der Waals surface area (Å²) < 4.78 is 22.2. The predicted molar refractivity (Wildman–Crippen MR) is 35.1 cm³/mol. The van der Waals surface area contributed by atoms with Crippen LogP contribution in [0.4, 0.5) is 0 Å². The molecule has 0 amide bonds. The molecule has 4 nitrogen and oxygen atoms in total. The molecule has 0 aromatic carbocycles. The fraction of sp³-hybridized carbons (Fsp3) is 0.400. The Hall–Kier alpha value is 0.320. The molecule has 6 heteroatoms. The number of hydrogen-bond acceptors (Lipinski definition) is 3. The van der Waals surface area contributed by atoms with E-state index in [-0.39, 0.29) is 34.6 Å². The Bertz CT molecular complexity index is 254. The molecule has 0 aliphatic rings. The molecule has 1 aromatic rings. The van der Waals surface area contributed by atoms with Crippen molar-refractivity contribution in [2.75, 3.05) is 0 Å². The molecule has 0 bridgehead atoms. The van der Waals surface area contributed by atoms with Crippen LogP contribution in [0, 0.1) is 6.92 Å². The maximum atomic E-state index is 10.3. The van der Waals surface area contributed by atoms with E-state index in [9.17, 15) is 8.76 Å². The summed E-state index contributed by atoms with van der Waals surface area (Å²) in [5.74, 6) is 0.694. The van der Waals surface area contributed by atoms with Crippen LogP contribution in [0.1, 0.15) is 5.82 Å². The van der Waals surface area contributed by atoms with Crippen LogP contribution in [0.5, 0.6) is 0 Å². The van der Waals surface area contributed by atoms with Crippen molar-refractivity contribution in [2.24, 2.45) is 7.05 Å². The zero-order chi connectivity index (χ0) is 7.72. The minimum absolute atomic E-state index is 0. The summed E-state index contributed by atoms with van der Waals surface area (Å²) in [6, 6.07) is 0. The Balaban J connectivity index is 0.000001000. The minimum Gasteiger partial charge on any atom is -0.767 e. The normalized spacial score (nSPS) is 12.3. The quantitative estimate of drug-likeness (QED) is 0.343. The number of hydrogen-bond donors (Lipinski definition) is 0. The van der Waals surface area contributed by atoms with Gasteiger partial charge in [-0.15, -0.1) is 0 Å². The van der Waals surface area contributed by atoms with Crippen molar-refractivity contribution < 1.29 is 38.3 Å². The van der Waals surface area contributed by atoms with E-state index in [2.05, 4.69) is 4.98 Å². The van der Waals surface area contributed by atoms with Crippen LogP contribution >= 0.6 is 0 Å². The largest absolute Gasteiger partial charge is 1.00 e. The first-order valence-electron chi connectivity index (χ1n) is 2.70. The first-order valence-corrected chi connectivity index (χ1v) is 3.78. The van der Waals surface area contributed by atoms with Crippen LogP contribution < -0.4 is 29.6 Å². The third-order valence-electron chi connectivity index (χ3n) is 1.26. The van der Waals surface area contributed by atoms with E-state index >= 15 is 0 Å². The van der Waals surface area contributed by atoms with Crippen LogP contribution in [-0.2, 0) is 18.1 Å². The summed E-state index contributed by atoms with van der Waals surface area (Å²) in [7, 11) is 1.75. The van der Waals surface area contributed by atoms with Gasteiger partial charge in [0.05, 0.1) is 0 Å². The molecule has 1 atom stereocenters. The summed E-state index contributed by atoms with van der Waals surface area (Å²) in [5.41, 5.74) is 0. The van der Waals surface area contributed by atoms with E-state index < -0.39 is 11.1 Å². The van der Waals surface area contributed by atoms with Gasteiger partial charge in [-0.25, -0.2) is 4.98 Å². The zero-order valence-corrected chi connectivity index (χ0v) is 9.51. The molecule has 11 heavy (non-hydrogen) atoms. The number of aryl methyl sites for hydroxylation is 2. The van der Waals surface area contributed by atoms with Gasteiger partial charge in [-0.05, 0) is 18.0 Å². The molecular weight excluding hydrogens is 175 g/mol. The van der Waals surface area contributed by atoms with E-state index in [1.807, 2.05) is 0 Å². The molecule has 0 spiro atoms. The second-order valence-electron chi connectivity index (χ2n) is 1.97. The van der Waals surface area contributed by atoms with Gasteiger partial charge in [-0.2, -0.15) is 0 Å². The molecule has 1 heterocycles. The molecule has 0 aliphatic carbocycles. The van der Waals surface area contributed by atoms with Crippen LogP contribution in [-0.4, -0.2) is 18.3 Å². The van der Waals surface area contributed by atoms with Crippen LogP contribution in [0.3, 0.4) is 0 Å². The van der Waals surface area contributed by atoms with Crippen molar-refractivity contribution in [3.05, 3.63) is 12.0 Å². The topological polar surface area (TPSA) is 57.9 Å². The van der Waals surface area contributed by atoms with Gasteiger partial charge in [-0.3, -0.25) is 4.21 Å². The summed E-state index contributed by atoms with van der Waals surface area (Å²) >= 11 is -2.20. The first kappa shape index (κ1) is 11.3. The molecule has 0 aliphatic heterocycles. The fourth-order valence-electron chi connectivity index (χ4n) is 0.607. The Morgan fingerprint density at radius 1 is 1.73 bits per heavy atom. The molecule has 56 valence electrons. The minimum atomic E-state index is -2.20. The second-order valence-corrected chi connectivity index (χ2v) is 2.86. The van der Waals surface area contributed by atoms with E-state index in [4.69, 9.17) is 0 Å². The number of aromatic nitrogens is 2. The standard InChI is InChI=1S/C5H8N2O2S.Na/c1-4-6-5(10(8)9)3-7(4)2;/h3H,1-2H3,(H,8,9);/q;+1/p-1. The maximum Gasteiger partial charge on any atom is 1.00 e. The van der Waals surface area contributed by atoms with Gasteiger partial charge in [0.1, 0.15) is 10.9 Å². The van der Waals surface area contributed by atoms with Crippen molar-refractivity contribution in [1.82, 2.24) is 9.55 Å². The molecule has 1 rings (SSSR count). The van der Waals surface area contributed by atoms with Gasteiger partial charge < -0.3 is 9.12 Å². The van der Waals surface area contributed by atoms with Crippen molar-refractivity contribution in [2.45, 2.75) is 11.9 Å². The first-order chi connectivity index (χ1) is 4.61. The van der Waals surface area contributed by atoms with Crippen LogP contribution in [0.2, 0.25) is 0 Å². The van der Waals surface area contributed by atoms with E-state index in [1.54, 1.807) is 18.5 Å². The van der Waals surface area contributed by atoms with Gasteiger partial charge in [0.15, 0.2) is 0 Å². The zero-order valence-electron chi connectivity index (χ0n) is 6.70. The van der Waals surface area contributed by atoms with Crippen molar-refractivity contribution in [3.8, 4) is 0 Å². The van der Waals surface area contributed by atoms with E-state index in [0.717, 1.165) is 0 Å². The van der Waals surface area contributed by atoms with Crippen molar-refractivity contribution in [3.63, 3.8) is 0 Å². The van der Waals surface area contributed by atoms with Gasteiger partial charge in [0, 0.05) is 13.2 Å². The predicted octanol–water partition coefficient (Wildman–Crippen LogP) is -3.03. The molecule has 0 radical (unpaired) electrons. The van der Waals surface area contributed by atoms with E-state index in [0.29, 0.717) is 5.82 Å². The maximum absolute atomic E-state index is 10.3. The van der Waals surface area contributed by atoms with Crippen LogP contribution in [0.15, 0.2) is 11.2 Å². The Morgan fingerprint density at radius 3 is 2.45 bits per heavy atom. The van der Waals surface area contributed by atoms with Gasteiger partial charge in [0.2, 0.25) is 0 Å². The SMILES string of the molecule is Cc1nc(S(=O)[O-])cn1C.[Na+]. The van der Waals surface area contributed by atoms with E-state index in [1.165, 1.54) is 6.20 Å². The van der Waals surface area contributed by atoms with Gasteiger partial charge in [-0.1, -0.05) is 0 Å². The fourth-order valence-corrected chi connectivity index (χ4v) is 1.06. The number of rotatable bonds is 1. The molecule has 1 aromatic heterocycles. The average Bonchev–Trinajstić information content (AvgIpc) is 2.13. The summed E-state index contributed by atoms with van der Waals surface area (Å²) in [6.45, 7) is 1.75. The molecule has 0 N–H and O–H groups in total. The molecule has 0 fully saturated rings. The van der Waals surface area contributed by atoms with Gasteiger partial charge >= 0.3 is 29.6 Å². The monoisotopic (exact) mass is 182 g/mol. The third kappa shape index (κ3) is 2.68. The van der Waals surface area contributed by atoms with Crippen LogP contribution in [0.25, 0.3) is 0 Å². The average molecular weight is 182 g/mol. The van der Waals surface area contributed by atoms with Crippen molar-refractivity contribution >= 4 is 11.1 Å². The Kier molecular flexibility index (Phi) is 4.50. The van der Waals surface area contributed by atoms with Crippen molar-refractivity contribution in [1.29, 1.82) is 0 Å². The molecule has 0 saturated heterocycles. The third-order valence-corrected chi connectivity index (χ3v) is 1.80. The summed E-state index contributed by atoms with van der Waals surface area (Å²) in [4.78, 5) is 3.76.